The van der Waals surface area contributed by atoms with E-state index >= 15 is 0 Å². The van der Waals surface area contributed by atoms with Gasteiger partial charge in [0.2, 0.25) is 0 Å². The predicted molar refractivity (Wildman–Crippen MR) is 105 cm³/mol. The molecule has 4 rings (SSSR count). The van der Waals surface area contributed by atoms with Crippen molar-refractivity contribution in [1.29, 1.82) is 0 Å². The van der Waals surface area contributed by atoms with Crippen LogP contribution in [0.4, 0.5) is 0 Å². The summed E-state index contributed by atoms with van der Waals surface area (Å²) >= 11 is 12.6. The van der Waals surface area contributed by atoms with Crippen LogP contribution in [0.3, 0.4) is 0 Å². The molecule has 1 unspecified atom stereocenters. The maximum atomic E-state index is 6.30. The van der Waals surface area contributed by atoms with Gasteiger partial charge in [-0.2, -0.15) is 0 Å². The molecule has 0 radical (unpaired) electrons. The highest BCUT2D eigenvalue weighted by molar-refractivity contribution is 6.36. The first-order chi connectivity index (χ1) is 12.2. The monoisotopic (exact) mass is 377 g/mol. The van der Waals surface area contributed by atoms with Crippen LogP contribution in [0.2, 0.25) is 0 Å². The summed E-state index contributed by atoms with van der Waals surface area (Å²) < 4.78 is 5.99. The van der Waals surface area contributed by atoms with Crippen molar-refractivity contribution in [3.05, 3.63) is 51.0 Å². The number of allylic oxidation sites excluding steroid dienone is 2. The molecule has 0 aromatic heterocycles. The molecular weight excluding hydrogens is 353 g/mol. The number of rotatable bonds is 5. The van der Waals surface area contributed by atoms with Gasteiger partial charge in [0.15, 0.2) is 0 Å². The summed E-state index contributed by atoms with van der Waals surface area (Å²) in [5.41, 5.74) is 3.81. The molecule has 1 aromatic carbocycles. The van der Waals surface area contributed by atoms with Crippen LogP contribution < -0.4 is 10.1 Å². The molecule has 1 N–H and O–H groups in total. The lowest BCUT2D eigenvalue weighted by Gasteiger charge is -2.34. The summed E-state index contributed by atoms with van der Waals surface area (Å²) in [4.78, 5) is 0. The average molecular weight is 378 g/mol. The van der Waals surface area contributed by atoms with Crippen molar-refractivity contribution < 1.29 is 4.74 Å². The molecule has 3 aliphatic carbocycles. The lowest BCUT2D eigenvalue weighted by Crippen LogP contribution is -2.44. The van der Waals surface area contributed by atoms with Crippen molar-refractivity contribution >= 4 is 23.2 Å². The van der Waals surface area contributed by atoms with Gasteiger partial charge in [-0.3, -0.25) is 0 Å². The van der Waals surface area contributed by atoms with E-state index in [9.17, 15) is 0 Å². The third kappa shape index (κ3) is 4.07. The van der Waals surface area contributed by atoms with Crippen LogP contribution in [-0.4, -0.2) is 18.7 Å². The van der Waals surface area contributed by atoms with Gasteiger partial charge in [0, 0.05) is 27.7 Å². The Bertz CT molecular complexity index is 706. The highest BCUT2D eigenvalue weighted by Gasteiger charge is 2.24. The summed E-state index contributed by atoms with van der Waals surface area (Å²) in [6.45, 7) is 0.443. The molecule has 134 valence electrons. The summed E-state index contributed by atoms with van der Waals surface area (Å²) in [5.74, 6) is 0.913. The molecule has 25 heavy (non-hydrogen) atoms. The van der Waals surface area contributed by atoms with Crippen molar-refractivity contribution in [3.8, 4) is 5.75 Å². The van der Waals surface area contributed by atoms with Gasteiger partial charge in [0.05, 0.1) is 0 Å². The van der Waals surface area contributed by atoms with Crippen LogP contribution in [0.25, 0.3) is 0 Å². The van der Waals surface area contributed by atoms with Gasteiger partial charge in [0.25, 0.3) is 0 Å². The quantitative estimate of drug-likeness (QED) is 0.733. The zero-order chi connectivity index (χ0) is 17.2. The number of halogens is 2. The van der Waals surface area contributed by atoms with Crippen LogP contribution in [0.5, 0.6) is 5.75 Å². The van der Waals surface area contributed by atoms with Gasteiger partial charge in [-0.25, -0.2) is 0 Å². The molecule has 0 bridgehead atoms. The molecule has 1 saturated carbocycles. The predicted octanol–water partition coefficient (Wildman–Crippen LogP) is 5.47. The van der Waals surface area contributed by atoms with Crippen molar-refractivity contribution in [2.24, 2.45) is 0 Å². The molecule has 1 aromatic rings. The Balaban J connectivity index is 1.38. The second-order valence-corrected chi connectivity index (χ2v) is 8.29. The van der Waals surface area contributed by atoms with Gasteiger partial charge in [-0.15, -0.1) is 0 Å². The Morgan fingerprint density at radius 2 is 1.92 bits per heavy atom. The van der Waals surface area contributed by atoms with E-state index in [2.05, 4.69) is 23.5 Å². The first-order valence-corrected chi connectivity index (χ1v) is 10.2. The Labute approximate surface area is 160 Å². The topological polar surface area (TPSA) is 21.3 Å². The second-order valence-electron chi connectivity index (χ2n) is 7.43. The summed E-state index contributed by atoms with van der Waals surface area (Å²) in [7, 11) is 0. The Kier molecular flexibility index (Phi) is 5.40. The van der Waals surface area contributed by atoms with Gasteiger partial charge < -0.3 is 10.1 Å². The summed E-state index contributed by atoms with van der Waals surface area (Å²) in [5, 5.41) is 5.38. The van der Waals surface area contributed by atoms with E-state index in [1.165, 1.54) is 36.8 Å². The van der Waals surface area contributed by atoms with Gasteiger partial charge in [-0.1, -0.05) is 41.8 Å². The van der Waals surface area contributed by atoms with E-state index in [0.29, 0.717) is 12.6 Å². The highest BCUT2D eigenvalue weighted by Crippen LogP contribution is 2.32. The smallest absolute Gasteiger partial charge is 0.120 e. The van der Waals surface area contributed by atoms with Crippen molar-refractivity contribution in [2.45, 2.75) is 63.5 Å². The first kappa shape index (κ1) is 17.5. The Morgan fingerprint density at radius 1 is 1.04 bits per heavy atom. The summed E-state index contributed by atoms with van der Waals surface area (Å²) in [6, 6.07) is 7.91. The molecule has 0 spiro atoms. The highest BCUT2D eigenvalue weighted by atomic mass is 35.5. The fourth-order valence-electron chi connectivity index (χ4n) is 3.90. The van der Waals surface area contributed by atoms with Crippen molar-refractivity contribution in [1.82, 2.24) is 5.32 Å². The van der Waals surface area contributed by atoms with Crippen molar-refractivity contribution in [2.75, 3.05) is 6.61 Å². The number of nitrogens with one attached hydrogen (secondary N) is 1. The lowest BCUT2D eigenvalue weighted by molar-refractivity contribution is 0.290. The zero-order valence-electron chi connectivity index (χ0n) is 14.5. The molecule has 4 heteroatoms. The number of benzene rings is 1. The van der Waals surface area contributed by atoms with Crippen LogP contribution in [0, 0.1) is 0 Å². The van der Waals surface area contributed by atoms with Gasteiger partial charge in [0.1, 0.15) is 12.4 Å². The Morgan fingerprint density at radius 3 is 2.68 bits per heavy atom. The maximum Gasteiger partial charge on any atom is 0.120 e. The maximum absolute atomic E-state index is 6.30. The van der Waals surface area contributed by atoms with E-state index in [0.717, 1.165) is 53.1 Å². The number of ether oxygens (including phenoxy) is 1. The number of aryl methyl sites for hydroxylation is 1. The number of hydrogen-bond acceptors (Lipinski definition) is 2. The molecule has 0 aliphatic heterocycles. The molecule has 1 fully saturated rings. The van der Waals surface area contributed by atoms with E-state index in [4.69, 9.17) is 27.9 Å². The minimum Gasteiger partial charge on any atom is -0.489 e. The number of hydrogen-bond donors (Lipinski definition) is 1. The van der Waals surface area contributed by atoms with E-state index in [1.54, 1.807) is 0 Å². The molecule has 3 aliphatic rings. The van der Waals surface area contributed by atoms with E-state index < -0.39 is 0 Å². The van der Waals surface area contributed by atoms with Crippen LogP contribution in [0.15, 0.2) is 39.9 Å². The zero-order valence-corrected chi connectivity index (χ0v) is 16.0. The Hall–Kier alpha value is -0.960. The standard InChI is InChI=1S/C21H25Cl2NO/c22-20-5-2-6-21(23)19(20)13-25-18-10-8-14-11-17(9-7-15(14)12-18)24-16-3-1-4-16/h5,8,10,12,16-17,24H,1-4,6-7,9,11,13H2. The summed E-state index contributed by atoms with van der Waals surface area (Å²) in [6.07, 6.45) is 11.4. The second kappa shape index (κ2) is 7.73. The molecule has 1 atom stereocenters. The minimum absolute atomic E-state index is 0.443. The molecular formula is C21H25Cl2NO. The lowest BCUT2D eigenvalue weighted by atomic mass is 9.85. The first-order valence-electron chi connectivity index (χ1n) is 9.43. The largest absolute Gasteiger partial charge is 0.489 e. The fourth-order valence-corrected chi connectivity index (χ4v) is 4.50. The van der Waals surface area contributed by atoms with Gasteiger partial charge in [-0.05, 0) is 68.2 Å². The minimum atomic E-state index is 0.443. The fraction of sp³-hybridized carbons (Fsp3) is 0.524. The van der Waals surface area contributed by atoms with Crippen LogP contribution in [0.1, 0.15) is 49.7 Å². The third-order valence-electron chi connectivity index (χ3n) is 5.67. The van der Waals surface area contributed by atoms with E-state index in [1.807, 2.05) is 6.08 Å². The molecule has 0 saturated heterocycles. The van der Waals surface area contributed by atoms with Crippen molar-refractivity contribution in [3.63, 3.8) is 0 Å². The van der Waals surface area contributed by atoms with Gasteiger partial charge >= 0.3 is 0 Å². The average Bonchev–Trinajstić information content (AvgIpc) is 2.57. The van der Waals surface area contributed by atoms with E-state index in [-0.39, 0.29) is 0 Å². The van der Waals surface area contributed by atoms with Crippen LogP contribution in [-0.2, 0) is 12.8 Å². The number of fused-ring (bicyclic) bond motifs is 1. The molecule has 0 heterocycles. The molecule has 0 amide bonds. The SMILES string of the molecule is ClC1=CCCC(Cl)=C1COc1ccc2c(c1)CCC(NC1CCC1)C2. The van der Waals surface area contributed by atoms with Crippen LogP contribution >= 0.6 is 23.2 Å². The normalized spacial score (nSPS) is 23.8. The third-order valence-corrected chi connectivity index (χ3v) is 6.47. The molecule has 2 nitrogen and oxygen atoms in total.